The first kappa shape index (κ1) is 18.7. The second kappa shape index (κ2) is 6.77. The molecule has 1 aliphatic heterocycles. The zero-order valence-electron chi connectivity index (χ0n) is 15.5. The highest BCUT2D eigenvalue weighted by Gasteiger charge is 2.38. The van der Waals surface area contributed by atoms with Crippen molar-refractivity contribution in [3.63, 3.8) is 0 Å². The average molecular weight is 395 g/mol. The van der Waals surface area contributed by atoms with Gasteiger partial charge in [-0.3, -0.25) is 18.7 Å². The predicted octanol–water partition coefficient (Wildman–Crippen LogP) is 0.735. The van der Waals surface area contributed by atoms with E-state index in [1.54, 1.807) is 4.90 Å². The Bertz CT molecular complexity index is 1030. The molecule has 10 heteroatoms. The quantitative estimate of drug-likeness (QED) is 0.643. The number of aromatic amines is 1. The maximum atomic E-state index is 15.3. The van der Waals surface area contributed by atoms with Crippen LogP contribution in [0.3, 0.4) is 0 Å². The summed E-state index contributed by atoms with van der Waals surface area (Å²) in [5, 5.41) is -0.110. The van der Waals surface area contributed by atoms with Crippen LogP contribution >= 0.6 is 0 Å². The summed E-state index contributed by atoms with van der Waals surface area (Å²) in [4.78, 5) is 28.7. The molecule has 2 heterocycles. The Hall–Kier alpha value is -2.62. The van der Waals surface area contributed by atoms with Crippen molar-refractivity contribution in [1.82, 2.24) is 9.55 Å². The molecule has 2 unspecified atom stereocenters. The summed E-state index contributed by atoms with van der Waals surface area (Å²) >= 11 is 0. The molecular weight excluding hydrogens is 372 g/mol. The fourth-order valence-electron chi connectivity index (χ4n) is 4.19. The highest BCUT2D eigenvalue weighted by molar-refractivity contribution is 5.99. The number of nitrogens with one attached hydrogen (secondary N) is 1. The molecule has 1 aliphatic carbocycles. The van der Waals surface area contributed by atoms with Crippen LogP contribution in [0.25, 0.3) is 10.9 Å². The minimum atomic E-state index is -0.814. The Morgan fingerprint density at radius 1 is 1.25 bits per heavy atom. The van der Waals surface area contributed by atoms with E-state index in [1.807, 2.05) is 0 Å². The summed E-state index contributed by atoms with van der Waals surface area (Å²) in [6.07, 6.45) is 1.53. The van der Waals surface area contributed by atoms with E-state index in [-0.39, 0.29) is 59.0 Å². The number of ether oxygens (including phenoxy) is 1. The van der Waals surface area contributed by atoms with Crippen molar-refractivity contribution < 1.29 is 13.5 Å². The average Bonchev–Trinajstić information content (AvgIpc) is 3.41. The molecule has 4 rings (SSSR count). The lowest BCUT2D eigenvalue weighted by Gasteiger charge is -2.25. The summed E-state index contributed by atoms with van der Waals surface area (Å²) in [5.74, 6) is -1.23. The molecule has 0 spiro atoms. The minimum Gasteiger partial charge on any atom is -0.492 e. The van der Waals surface area contributed by atoms with Crippen LogP contribution in [-0.4, -0.2) is 43.0 Å². The van der Waals surface area contributed by atoms with Gasteiger partial charge in [-0.1, -0.05) is 0 Å². The molecule has 1 saturated heterocycles. The number of hydrogen-bond donors (Lipinski definition) is 3. The van der Waals surface area contributed by atoms with Gasteiger partial charge in [-0.2, -0.15) is 0 Å². The van der Waals surface area contributed by atoms with Crippen molar-refractivity contribution in [2.45, 2.75) is 18.9 Å². The number of hydrogen-bond acceptors (Lipinski definition) is 6. The van der Waals surface area contributed by atoms with Crippen LogP contribution in [0, 0.1) is 17.7 Å². The topological polar surface area (TPSA) is 119 Å². The van der Waals surface area contributed by atoms with Gasteiger partial charge >= 0.3 is 5.69 Å². The Balaban J connectivity index is 2.03. The molecule has 0 radical (unpaired) electrons. The lowest BCUT2D eigenvalue weighted by atomic mass is 9.98. The van der Waals surface area contributed by atoms with Crippen molar-refractivity contribution in [1.29, 1.82) is 0 Å². The second-order valence-electron chi connectivity index (χ2n) is 7.51. The zero-order valence-corrected chi connectivity index (χ0v) is 15.5. The zero-order chi connectivity index (χ0) is 20.2. The van der Waals surface area contributed by atoms with E-state index in [1.165, 1.54) is 11.7 Å². The number of aromatic nitrogens is 2. The number of benzene rings is 1. The summed E-state index contributed by atoms with van der Waals surface area (Å²) in [5.41, 5.74) is 10.3. The molecule has 2 aliphatic rings. The molecule has 5 N–H and O–H groups in total. The molecule has 1 aromatic carbocycles. The van der Waals surface area contributed by atoms with Crippen LogP contribution in [0.15, 0.2) is 9.59 Å². The number of anilines is 2. The van der Waals surface area contributed by atoms with Crippen LogP contribution in [0.4, 0.5) is 20.2 Å². The van der Waals surface area contributed by atoms with Crippen LogP contribution in [0.5, 0.6) is 5.75 Å². The molecule has 1 aromatic heterocycles. The van der Waals surface area contributed by atoms with Crippen LogP contribution in [0.1, 0.15) is 18.9 Å². The molecule has 1 saturated carbocycles. The fourth-order valence-corrected chi connectivity index (χ4v) is 4.19. The summed E-state index contributed by atoms with van der Waals surface area (Å²) in [7, 11) is 1.35. The number of H-pyrrole nitrogens is 1. The Morgan fingerprint density at radius 3 is 2.46 bits per heavy atom. The van der Waals surface area contributed by atoms with E-state index in [4.69, 9.17) is 16.2 Å². The fraction of sp³-hybridized carbons (Fsp3) is 0.556. The maximum Gasteiger partial charge on any atom is 0.329 e. The van der Waals surface area contributed by atoms with Crippen LogP contribution in [0.2, 0.25) is 0 Å². The van der Waals surface area contributed by atoms with Crippen LogP contribution in [-0.2, 0) is 0 Å². The van der Waals surface area contributed by atoms with E-state index in [2.05, 4.69) is 4.98 Å². The number of alkyl halides is 1. The third kappa shape index (κ3) is 2.66. The molecule has 2 aromatic rings. The molecule has 152 valence electrons. The number of fused-ring (bicyclic) bond motifs is 1. The lowest BCUT2D eigenvalue weighted by Crippen LogP contribution is -2.32. The molecule has 2 atom stereocenters. The number of halogens is 2. The predicted molar refractivity (Wildman–Crippen MR) is 102 cm³/mol. The van der Waals surface area contributed by atoms with Gasteiger partial charge in [0.15, 0.2) is 11.6 Å². The Morgan fingerprint density at radius 2 is 1.93 bits per heavy atom. The third-order valence-corrected chi connectivity index (χ3v) is 5.80. The van der Waals surface area contributed by atoms with Gasteiger partial charge in [0.1, 0.15) is 11.2 Å². The molecule has 2 fully saturated rings. The monoisotopic (exact) mass is 395 g/mol. The molecule has 0 bridgehead atoms. The third-order valence-electron chi connectivity index (χ3n) is 5.80. The van der Waals surface area contributed by atoms with Gasteiger partial charge in [0, 0.05) is 25.0 Å². The minimum absolute atomic E-state index is 0.0429. The van der Waals surface area contributed by atoms with Crippen molar-refractivity contribution in [2.75, 3.05) is 44.1 Å². The van der Waals surface area contributed by atoms with Crippen molar-refractivity contribution in [3.8, 4) is 5.75 Å². The first-order valence-corrected chi connectivity index (χ1v) is 9.27. The summed E-state index contributed by atoms with van der Waals surface area (Å²) in [6.45, 7) is 0.274. The molecular formula is C18H23F2N5O3. The van der Waals surface area contributed by atoms with E-state index in [0.717, 1.165) is 12.8 Å². The number of nitrogen functional groups attached to an aromatic ring is 1. The van der Waals surface area contributed by atoms with Crippen molar-refractivity contribution in [2.24, 2.45) is 17.6 Å². The normalized spacial score (nSPS) is 22.2. The molecule has 0 amide bonds. The number of rotatable bonds is 5. The number of nitrogens with two attached hydrogens (primary N) is 2. The highest BCUT2D eigenvalue weighted by Crippen LogP contribution is 2.46. The molecule has 28 heavy (non-hydrogen) atoms. The van der Waals surface area contributed by atoms with Gasteiger partial charge in [-0.05, 0) is 25.3 Å². The lowest BCUT2D eigenvalue weighted by molar-refractivity contribution is 0.319. The van der Waals surface area contributed by atoms with Gasteiger partial charge in [0.25, 0.3) is 5.56 Å². The second-order valence-corrected chi connectivity index (χ2v) is 7.51. The van der Waals surface area contributed by atoms with E-state index >= 15 is 4.39 Å². The maximum absolute atomic E-state index is 15.3. The van der Waals surface area contributed by atoms with Crippen molar-refractivity contribution in [3.05, 3.63) is 26.7 Å². The first-order chi connectivity index (χ1) is 13.4. The van der Waals surface area contributed by atoms with Crippen molar-refractivity contribution >= 4 is 22.3 Å². The number of methoxy groups -OCH3 is 1. The molecule has 8 nitrogen and oxygen atoms in total. The Kier molecular flexibility index (Phi) is 4.53. The number of nitrogens with zero attached hydrogens (tertiary/aromatic N) is 2. The first-order valence-electron chi connectivity index (χ1n) is 9.27. The van der Waals surface area contributed by atoms with Gasteiger partial charge in [-0.15, -0.1) is 0 Å². The SMILES string of the molecule is COc1c(N2CC(CN)C(CF)C2)c(F)c(N)c2c(=O)[nH]c(=O)n(C3CC3)c12. The summed E-state index contributed by atoms with van der Waals surface area (Å²) in [6, 6.07) is -0.104. The van der Waals surface area contributed by atoms with Crippen LogP contribution < -0.4 is 32.4 Å². The van der Waals surface area contributed by atoms with Gasteiger partial charge in [-0.25, -0.2) is 9.18 Å². The summed E-state index contributed by atoms with van der Waals surface area (Å²) < 4.78 is 35.6. The van der Waals surface area contributed by atoms with E-state index in [0.29, 0.717) is 6.54 Å². The van der Waals surface area contributed by atoms with E-state index in [9.17, 15) is 14.0 Å². The highest BCUT2D eigenvalue weighted by atomic mass is 19.1. The standard InChI is InChI=1S/C18H23F2N5O3/c1-28-16-14-11(17(26)23-18(27)25(14)10-2-3-10)13(22)12(20)15(16)24-6-8(4-19)9(5-21)7-24/h8-10H,2-7,21-22H2,1H3,(H,23,26,27). The van der Waals surface area contributed by atoms with Gasteiger partial charge < -0.3 is 21.1 Å². The van der Waals surface area contributed by atoms with E-state index < -0.39 is 23.7 Å². The Labute approximate surface area is 159 Å². The largest absolute Gasteiger partial charge is 0.492 e. The smallest absolute Gasteiger partial charge is 0.329 e. The van der Waals surface area contributed by atoms with Gasteiger partial charge in [0.2, 0.25) is 0 Å². The van der Waals surface area contributed by atoms with Gasteiger partial charge in [0.05, 0.1) is 24.9 Å².